The Kier molecular flexibility index (Phi) is 2.79. The van der Waals surface area contributed by atoms with Crippen LogP contribution in [0.15, 0.2) is 24.3 Å². The molecule has 0 spiro atoms. The molecule has 0 atom stereocenters. The minimum absolute atomic E-state index is 0.0537. The SMILES string of the molecule is CC(C)(C(=O)O)C(=O)c1cccc(O)c1. The van der Waals surface area contributed by atoms with Crippen LogP contribution in [0.5, 0.6) is 5.75 Å². The number of aromatic hydroxyl groups is 1. The Morgan fingerprint density at radius 1 is 1.27 bits per heavy atom. The predicted octanol–water partition coefficient (Wildman–Crippen LogP) is 1.69. The first-order valence-corrected chi connectivity index (χ1v) is 4.43. The number of carbonyl (C=O) groups excluding carboxylic acids is 1. The topological polar surface area (TPSA) is 74.6 Å². The van der Waals surface area contributed by atoms with E-state index in [0.717, 1.165) is 0 Å². The van der Waals surface area contributed by atoms with E-state index in [1.165, 1.54) is 38.1 Å². The third-order valence-electron chi connectivity index (χ3n) is 2.21. The van der Waals surface area contributed by atoms with Gasteiger partial charge in [-0.25, -0.2) is 0 Å². The molecule has 0 aromatic heterocycles. The first-order chi connectivity index (χ1) is 6.85. The van der Waals surface area contributed by atoms with Crippen LogP contribution in [0.25, 0.3) is 0 Å². The molecule has 0 amide bonds. The van der Waals surface area contributed by atoms with Crippen LogP contribution in [0.1, 0.15) is 24.2 Å². The number of hydrogen-bond donors (Lipinski definition) is 2. The molecular weight excluding hydrogens is 196 g/mol. The first-order valence-electron chi connectivity index (χ1n) is 4.43. The fraction of sp³-hybridized carbons (Fsp3) is 0.273. The van der Waals surface area contributed by atoms with Gasteiger partial charge in [0.15, 0.2) is 5.78 Å². The lowest BCUT2D eigenvalue weighted by molar-refractivity contribution is -0.144. The number of benzene rings is 1. The molecule has 0 aliphatic carbocycles. The molecule has 0 saturated heterocycles. The molecule has 1 aromatic rings. The van der Waals surface area contributed by atoms with Gasteiger partial charge in [0, 0.05) is 5.56 Å². The number of carboxylic acid groups (broad SMARTS) is 1. The highest BCUT2D eigenvalue weighted by Gasteiger charge is 2.36. The van der Waals surface area contributed by atoms with E-state index in [2.05, 4.69) is 0 Å². The number of phenolic OH excluding ortho intramolecular Hbond substituents is 1. The minimum Gasteiger partial charge on any atom is -0.508 e. The van der Waals surface area contributed by atoms with Gasteiger partial charge in [-0.2, -0.15) is 0 Å². The summed E-state index contributed by atoms with van der Waals surface area (Å²) in [4.78, 5) is 22.6. The minimum atomic E-state index is -1.48. The average Bonchev–Trinajstić information content (AvgIpc) is 2.16. The van der Waals surface area contributed by atoms with Crippen LogP contribution in [0.3, 0.4) is 0 Å². The summed E-state index contributed by atoms with van der Waals surface area (Å²) in [6, 6.07) is 5.66. The zero-order chi connectivity index (χ0) is 11.6. The van der Waals surface area contributed by atoms with Crippen LogP contribution in [0.4, 0.5) is 0 Å². The summed E-state index contributed by atoms with van der Waals surface area (Å²) >= 11 is 0. The predicted molar refractivity (Wildman–Crippen MR) is 53.9 cm³/mol. The van der Waals surface area contributed by atoms with Gasteiger partial charge in [0.05, 0.1) is 0 Å². The molecule has 1 aromatic carbocycles. The van der Waals surface area contributed by atoms with Crippen molar-refractivity contribution in [3.63, 3.8) is 0 Å². The summed E-state index contributed by atoms with van der Waals surface area (Å²) in [7, 11) is 0. The van der Waals surface area contributed by atoms with Gasteiger partial charge < -0.3 is 10.2 Å². The van der Waals surface area contributed by atoms with Crippen molar-refractivity contribution < 1.29 is 19.8 Å². The second-order valence-electron chi connectivity index (χ2n) is 3.81. The Morgan fingerprint density at radius 2 is 1.87 bits per heavy atom. The molecule has 0 aliphatic heterocycles. The third kappa shape index (κ3) is 2.15. The fourth-order valence-corrected chi connectivity index (χ4v) is 1.11. The van der Waals surface area contributed by atoms with Crippen molar-refractivity contribution in [1.29, 1.82) is 0 Å². The lowest BCUT2D eigenvalue weighted by atomic mass is 9.84. The lowest BCUT2D eigenvalue weighted by Gasteiger charge is -2.17. The molecule has 0 fully saturated rings. The molecule has 0 aliphatic rings. The Hall–Kier alpha value is -1.84. The molecule has 0 heterocycles. The van der Waals surface area contributed by atoms with E-state index in [-0.39, 0.29) is 11.3 Å². The van der Waals surface area contributed by atoms with E-state index in [0.29, 0.717) is 0 Å². The van der Waals surface area contributed by atoms with Crippen LogP contribution in [0, 0.1) is 5.41 Å². The Balaban J connectivity index is 3.10. The van der Waals surface area contributed by atoms with Gasteiger partial charge in [0.25, 0.3) is 0 Å². The van der Waals surface area contributed by atoms with E-state index < -0.39 is 17.2 Å². The van der Waals surface area contributed by atoms with Crippen molar-refractivity contribution in [2.45, 2.75) is 13.8 Å². The van der Waals surface area contributed by atoms with Gasteiger partial charge in [-0.1, -0.05) is 12.1 Å². The maximum Gasteiger partial charge on any atom is 0.316 e. The van der Waals surface area contributed by atoms with Crippen molar-refractivity contribution in [2.24, 2.45) is 5.41 Å². The zero-order valence-corrected chi connectivity index (χ0v) is 8.52. The van der Waals surface area contributed by atoms with Gasteiger partial charge in [-0.05, 0) is 26.0 Å². The van der Waals surface area contributed by atoms with Crippen LogP contribution in [-0.4, -0.2) is 22.0 Å². The van der Waals surface area contributed by atoms with Gasteiger partial charge >= 0.3 is 5.97 Å². The molecule has 0 unspecified atom stereocenters. The second-order valence-corrected chi connectivity index (χ2v) is 3.81. The molecule has 4 nitrogen and oxygen atoms in total. The molecule has 1 rings (SSSR count). The van der Waals surface area contributed by atoms with Gasteiger partial charge in [-0.15, -0.1) is 0 Å². The van der Waals surface area contributed by atoms with Crippen molar-refractivity contribution in [3.05, 3.63) is 29.8 Å². The number of phenols is 1. The quantitative estimate of drug-likeness (QED) is 0.585. The highest BCUT2D eigenvalue weighted by atomic mass is 16.4. The molecule has 80 valence electrons. The Bertz CT molecular complexity index is 407. The van der Waals surface area contributed by atoms with Crippen LogP contribution in [0.2, 0.25) is 0 Å². The van der Waals surface area contributed by atoms with E-state index in [1.807, 2.05) is 0 Å². The summed E-state index contributed by atoms with van der Waals surface area (Å²) in [5.74, 6) is -1.76. The maximum absolute atomic E-state index is 11.8. The number of rotatable bonds is 3. The highest BCUT2D eigenvalue weighted by molar-refractivity contribution is 6.11. The van der Waals surface area contributed by atoms with Gasteiger partial charge in [0.2, 0.25) is 0 Å². The Labute approximate surface area is 87.2 Å². The smallest absolute Gasteiger partial charge is 0.316 e. The Morgan fingerprint density at radius 3 is 2.33 bits per heavy atom. The number of ketones is 1. The number of Topliss-reactive ketones (excluding diaryl/α,β-unsaturated/α-hetero) is 1. The first kappa shape index (κ1) is 11.2. The molecule has 2 N–H and O–H groups in total. The molecular formula is C11H12O4. The molecule has 0 saturated carbocycles. The van der Waals surface area contributed by atoms with Crippen molar-refractivity contribution in [3.8, 4) is 5.75 Å². The van der Waals surface area contributed by atoms with E-state index in [4.69, 9.17) is 10.2 Å². The van der Waals surface area contributed by atoms with E-state index in [9.17, 15) is 9.59 Å². The fourth-order valence-electron chi connectivity index (χ4n) is 1.11. The maximum atomic E-state index is 11.8. The van der Waals surface area contributed by atoms with Crippen LogP contribution >= 0.6 is 0 Å². The average molecular weight is 208 g/mol. The zero-order valence-electron chi connectivity index (χ0n) is 8.52. The summed E-state index contributed by atoms with van der Waals surface area (Å²) < 4.78 is 0. The van der Waals surface area contributed by atoms with E-state index in [1.54, 1.807) is 0 Å². The van der Waals surface area contributed by atoms with Crippen LogP contribution < -0.4 is 0 Å². The standard InChI is InChI=1S/C11H12O4/c1-11(2,10(14)15)9(13)7-4-3-5-8(12)6-7/h3-6,12H,1-2H3,(H,14,15). The molecule has 0 radical (unpaired) electrons. The van der Waals surface area contributed by atoms with Crippen LogP contribution in [-0.2, 0) is 4.79 Å². The monoisotopic (exact) mass is 208 g/mol. The summed E-state index contributed by atoms with van der Waals surface area (Å²) in [5, 5.41) is 18.0. The number of aliphatic carboxylic acids is 1. The molecule has 0 bridgehead atoms. The van der Waals surface area contributed by atoms with Gasteiger partial charge in [0.1, 0.15) is 11.2 Å². The largest absolute Gasteiger partial charge is 0.508 e. The summed E-state index contributed by atoms with van der Waals surface area (Å²) in [6.45, 7) is 2.67. The number of hydrogen-bond acceptors (Lipinski definition) is 3. The molecule has 15 heavy (non-hydrogen) atoms. The third-order valence-corrected chi connectivity index (χ3v) is 2.21. The number of carbonyl (C=O) groups is 2. The summed E-state index contributed by atoms with van der Waals surface area (Å²) in [5.41, 5.74) is -1.28. The summed E-state index contributed by atoms with van der Waals surface area (Å²) in [6.07, 6.45) is 0. The lowest BCUT2D eigenvalue weighted by Crippen LogP contribution is -2.33. The normalized spacial score (nSPS) is 11.1. The number of carboxylic acids is 1. The van der Waals surface area contributed by atoms with E-state index >= 15 is 0 Å². The van der Waals surface area contributed by atoms with Crippen molar-refractivity contribution >= 4 is 11.8 Å². The second kappa shape index (κ2) is 3.73. The molecule has 4 heteroatoms. The van der Waals surface area contributed by atoms with Crippen molar-refractivity contribution in [1.82, 2.24) is 0 Å². The van der Waals surface area contributed by atoms with Gasteiger partial charge in [-0.3, -0.25) is 9.59 Å². The van der Waals surface area contributed by atoms with Crippen molar-refractivity contribution in [2.75, 3.05) is 0 Å². The highest BCUT2D eigenvalue weighted by Crippen LogP contribution is 2.23.